The van der Waals surface area contributed by atoms with Crippen molar-refractivity contribution in [1.82, 2.24) is 10.4 Å². The summed E-state index contributed by atoms with van der Waals surface area (Å²) in [5, 5.41) is 4.91. The van der Waals surface area contributed by atoms with E-state index in [1.165, 1.54) is 11.8 Å². The lowest BCUT2D eigenvalue weighted by Crippen LogP contribution is -2.34. The molecule has 5 nitrogen and oxygen atoms in total. The van der Waals surface area contributed by atoms with E-state index in [-0.39, 0.29) is 5.91 Å². The Hall–Kier alpha value is -2.86. The normalized spacial score (nSPS) is 11.6. The number of aryl methyl sites for hydroxylation is 1. The van der Waals surface area contributed by atoms with Crippen molar-refractivity contribution in [3.05, 3.63) is 66.2 Å². The third kappa shape index (κ3) is 4.61. The monoisotopic (exact) mass is 365 g/mol. The molecule has 2 N–H and O–H groups in total. The molecule has 1 aromatic heterocycles. The minimum absolute atomic E-state index is 0.138. The number of carbonyl (C=O) groups is 1. The van der Waals surface area contributed by atoms with E-state index in [0.717, 1.165) is 28.3 Å². The van der Waals surface area contributed by atoms with E-state index in [0.29, 0.717) is 5.75 Å². The summed E-state index contributed by atoms with van der Waals surface area (Å²) >= 11 is 1.47. The molecule has 0 bridgehead atoms. The van der Waals surface area contributed by atoms with Crippen molar-refractivity contribution in [1.29, 1.82) is 0 Å². The number of allylic oxidation sites excluding steroid dienone is 1. The predicted molar refractivity (Wildman–Crippen MR) is 107 cm³/mol. The van der Waals surface area contributed by atoms with Gasteiger partial charge in [-0.1, -0.05) is 48.5 Å². The average Bonchev–Trinajstić information content (AvgIpc) is 3.04. The molecule has 6 heteroatoms. The fraction of sp³-hybridized carbons (Fsp3) is 0.150. The zero-order valence-electron chi connectivity index (χ0n) is 14.6. The molecule has 132 valence electrons. The van der Waals surface area contributed by atoms with E-state index in [9.17, 15) is 4.79 Å². The first-order chi connectivity index (χ1) is 12.8. The van der Waals surface area contributed by atoms with Crippen LogP contribution in [0.2, 0.25) is 0 Å². The van der Waals surface area contributed by atoms with Gasteiger partial charge in [-0.25, -0.2) is 15.0 Å². The van der Waals surface area contributed by atoms with Gasteiger partial charge in [0.05, 0.1) is 12.3 Å². The molecule has 0 spiro atoms. The van der Waals surface area contributed by atoms with Crippen LogP contribution in [0.5, 0.6) is 0 Å². The molecule has 2 aromatic carbocycles. The Morgan fingerprint density at radius 1 is 1.19 bits per heavy atom. The number of nitrogens with one attached hydrogen (secondary N) is 2. The maximum absolute atomic E-state index is 12.0. The van der Waals surface area contributed by atoms with E-state index in [1.807, 2.05) is 54.6 Å². The molecule has 0 atom stereocenters. The van der Waals surface area contributed by atoms with E-state index >= 15 is 0 Å². The number of rotatable bonds is 7. The van der Waals surface area contributed by atoms with Gasteiger partial charge in [0.2, 0.25) is 0 Å². The summed E-state index contributed by atoms with van der Waals surface area (Å²) in [7, 11) is 0. The minimum atomic E-state index is -0.138. The largest absolute Gasteiger partial charge is 0.317 e. The van der Waals surface area contributed by atoms with E-state index < -0.39 is 0 Å². The van der Waals surface area contributed by atoms with Crippen LogP contribution in [-0.2, 0) is 11.3 Å². The smallest absolute Gasteiger partial charge is 0.272 e. The quantitative estimate of drug-likeness (QED) is 0.292. The number of hydrogen-bond acceptors (Lipinski definition) is 3. The van der Waals surface area contributed by atoms with Crippen molar-refractivity contribution in [2.75, 3.05) is 5.75 Å². The van der Waals surface area contributed by atoms with Crippen molar-refractivity contribution < 1.29 is 9.36 Å². The van der Waals surface area contributed by atoms with Crippen molar-refractivity contribution in [3.8, 4) is 0 Å². The lowest BCUT2D eigenvalue weighted by Gasteiger charge is -1.98. The van der Waals surface area contributed by atoms with Crippen LogP contribution in [-0.4, -0.2) is 22.9 Å². The average molecular weight is 365 g/mol. The van der Waals surface area contributed by atoms with Crippen LogP contribution in [0, 0.1) is 0 Å². The SMILES string of the molecule is CC[n+]1c(SCC(=O)NN=CC=Cc2ccccc2)[nH]c2ccccc21. The summed E-state index contributed by atoms with van der Waals surface area (Å²) in [4.78, 5) is 15.3. The predicted octanol–water partition coefficient (Wildman–Crippen LogP) is 3.38. The van der Waals surface area contributed by atoms with Gasteiger partial charge in [-0.3, -0.25) is 4.79 Å². The zero-order chi connectivity index (χ0) is 18.2. The van der Waals surface area contributed by atoms with Crippen LogP contribution in [0.25, 0.3) is 17.1 Å². The molecule has 26 heavy (non-hydrogen) atoms. The van der Waals surface area contributed by atoms with Crippen LogP contribution in [0.1, 0.15) is 12.5 Å². The second-order valence-corrected chi connectivity index (χ2v) is 6.53. The fourth-order valence-corrected chi connectivity index (χ4v) is 3.47. The number of para-hydroxylation sites is 2. The van der Waals surface area contributed by atoms with Gasteiger partial charge >= 0.3 is 5.16 Å². The number of H-pyrrole nitrogens is 1. The summed E-state index contributed by atoms with van der Waals surface area (Å²) in [6, 6.07) is 18.0. The van der Waals surface area contributed by atoms with Crippen molar-refractivity contribution in [2.24, 2.45) is 5.10 Å². The number of fused-ring (bicyclic) bond motifs is 1. The molecule has 0 aliphatic rings. The Morgan fingerprint density at radius 3 is 2.77 bits per heavy atom. The third-order valence-corrected chi connectivity index (χ3v) is 4.78. The Kier molecular flexibility index (Phi) is 6.22. The molecule has 1 amide bonds. The Bertz CT molecular complexity index is 931. The maximum Gasteiger partial charge on any atom is 0.317 e. The summed E-state index contributed by atoms with van der Waals surface area (Å²) in [6.45, 7) is 2.93. The van der Waals surface area contributed by atoms with E-state index in [4.69, 9.17) is 0 Å². The Balaban J connectivity index is 1.51. The number of hydrazone groups is 1. The second kappa shape index (κ2) is 9.01. The standard InChI is InChI=1S/C20H20N4OS/c1-2-24-18-13-7-6-12-17(18)22-20(24)26-15-19(25)23-21-14-8-11-16-9-4-3-5-10-16/h3-14H,2,15H2,1H3,(H,23,25)/p+1. The summed E-state index contributed by atoms with van der Waals surface area (Å²) in [5.41, 5.74) is 5.84. The third-order valence-electron chi connectivity index (χ3n) is 3.78. The number of aromatic amines is 1. The molecule has 3 rings (SSSR count). The van der Waals surface area contributed by atoms with Crippen LogP contribution >= 0.6 is 11.8 Å². The van der Waals surface area contributed by atoms with E-state index in [2.05, 4.69) is 33.1 Å². The molecule has 0 saturated carbocycles. The summed E-state index contributed by atoms with van der Waals surface area (Å²) in [5.74, 6) is 0.160. The molecule has 0 fully saturated rings. The highest BCUT2D eigenvalue weighted by Gasteiger charge is 2.18. The van der Waals surface area contributed by atoms with Crippen molar-refractivity contribution in [3.63, 3.8) is 0 Å². The molecule has 0 unspecified atom stereocenters. The zero-order valence-corrected chi connectivity index (χ0v) is 15.4. The van der Waals surface area contributed by atoms with Gasteiger partial charge in [0.1, 0.15) is 0 Å². The number of hydrogen-bond donors (Lipinski definition) is 2. The molecule has 0 saturated heterocycles. The van der Waals surface area contributed by atoms with Crippen LogP contribution in [0.4, 0.5) is 0 Å². The lowest BCUT2D eigenvalue weighted by atomic mass is 10.2. The highest BCUT2D eigenvalue weighted by Crippen LogP contribution is 2.17. The van der Waals surface area contributed by atoms with Gasteiger partial charge in [0, 0.05) is 6.21 Å². The van der Waals surface area contributed by atoms with Gasteiger partial charge < -0.3 is 0 Å². The summed E-state index contributed by atoms with van der Waals surface area (Å²) in [6.07, 6.45) is 5.30. The molecule has 0 radical (unpaired) electrons. The van der Waals surface area contributed by atoms with Gasteiger partial charge in [-0.15, -0.1) is 0 Å². The van der Waals surface area contributed by atoms with Crippen molar-refractivity contribution in [2.45, 2.75) is 18.6 Å². The maximum atomic E-state index is 12.0. The molecular weight excluding hydrogens is 344 g/mol. The van der Waals surface area contributed by atoms with Gasteiger partial charge in [-0.05, 0) is 42.5 Å². The molecular formula is C20H21N4OS+. The second-order valence-electron chi connectivity index (χ2n) is 5.56. The Labute approximate surface area is 156 Å². The number of aromatic nitrogens is 2. The fourth-order valence-electron chi connectivity index (χ4n) is 2.57. The topological polar surface area (TPSA) is 61.1 Å². The highest BCUT2D eigenvalue weighted by atomic mass is 32.2. The number of carbonyl (C=O) groups excluding carboxylic acids is 1. The first-order valence-corrected chi connectivity index (χ1v) is 9.43. The van der Waals surface area contributed by atoms with Crippen LogP contribution in [0.15, 0.2) is 70.9 Å². The lowest BCUT2D eigenvalue weighted by molar-refractivity contribution is -0.705. The van der Waals surface area contributed by atoms with Crippen LogP contribution < -0.4 is 9.99 Å². The van der Waals surface area contributed by atoms with Gasteiger partial charge in [0.15, 0.2) is 11.0 Å². The number of nitrogens with zero attached hydrogens (tertiary/aromatic N) is 2. The van der Waals surface area contributed by atoms with Gasteiger partial charge in [0.25, 0.3) is 5.91 Å². The number of amides is 1. The van der Waals surface area contributed by atoms with Gasteiger partial charge in [-0.2, -0.15) is 5.10 Å². The number of benzene rings is 2. The first kappa shape index (κ1) is 17.9. The molecule has 3 aromatic rings. The van der Waals surface area contributed by atoms with Crippen LogP contribution in [0.3, 0.4) is 0 Å². The summed E-state index contributed by atoms with van der Waals surface area (Å²) < 4.78 is 2.17. The molecule has 1 heterocycles. The van der Waals surface area contributed by atoms with E-state index in [1.54, 1.807) is 12.3 Å². The first-order valence-electron chi connectivity index (χ1n) is 8.45. The minimum Gasteiger partial charge on any atom is -0.272 e. The highest BCUT2D eigenvalue weighted by molar-refractivity contribution is 7.99. The number of imidazole rings is 1. The molecule has 0 aliphatic heterocycles. The molecule has 0 aliphatic carbocycles. The Morgan fingerprint density at radius 2 is 1.96 bits per heavy atom. The number of thioether (sulfide) groups is 1. The van der Waals surface area contributed by atoms with Crippen molar-refractivity contribution >= 4 is 41.0 Å².